The lowest BCUT2D eigenvalue weighted by atomic mass is 10.2. The van der Waals surface area contributed by atoms with E-state index >= 15 is 0 Å². The van der Waals surface area contributed by atoms with Gasteiger partial charge in [-0.25, -0.2) is 9.69 Å². The van der Waals surface area contributed by atoms with E-state index in [1.54, 1.807) is 0 Å². The maximum atomic E-state index is 11.6. The number of hydrogen-bond donors (Lipinski definition) is 1. The molecule has 0 radical (unpaired) electrons. The van der Waals surface area contributed by atoms with Crippen molar-refractivity contribution in [1.29, 1.82) is 5.26 Å². The molecule has 90 valence electrons. The summed E-state index contributed by atoms with van der Waals surface area (Å²) in [6.45, 7) is 0. The molecule has 7 heteroatoms. The van der Waals surface area contributed by atoms with Crippen molar-refractivity contribution >= 4 is 35.1 Å². The van der Waals surface area contributed by atoms with Gasteiger partial charge < -0.3 is 0 Å². The molecule has 1 heterocycles. The Balaban J connectivity index is 2.43. The van der Waals surface area contributed by atoms with Gasteiger partial charge in [0.2, 0.25) is 11.8 Å². The summed E-state index contributed by atoms with van der Waals surface area (Å²) >= 11 is 5.90. The van der Waals surface area contributed by atoms with Crippen LogP contribution in [-0.4, -0.2) is 17.8 Å². The highest BCUT2D eigenvalue weighted by atomic mass is 35.5. The highest BCUT2D eigenvalue weighted by Gasteiger charge is 2.33. The van der Waals surface area contributed by atoms with E-state index in [4.69, 9.17) is 16.9 Å². The first-order valence-corrected chi connectivity index (χ1v) is 5.27. The van der Waals surface area contributed by atoms with E-state index in [-0.39, 0.29) is 10.7 Å². The molecule has 1 aliphatic rings. The lowest BCUT2D eigenvalue weighted by molar-refractivity contribution is -0.128. The summed E-state index contributed by atoms with van der Waals surface area (Å²) in [5.74, 6) is -1.30. The minimum absolute atomic E-state index is 0.0897. The van der Waals surface area contributed by atoms with Crippen LogP contribution in [0.4, 0.5) is 10.5 Å². The van der Waals surface area contributed by atoms with Crippen molar-refractivity contribution < 1.29 is 14.4 Å². The number of amides is 4. The highest BCUT2D eigenvalue weighted by molar-refractivity contribution is 6.36. The van der Waals surface area contributed by atoms with Crippen molar-refractivity contribution in [3.63, 3.8) is 0 Å². The van der Waals surface area contributed by atoms with Crippen LogP contribution in [0.5, 0.6) is 0 Å². The molecule has 1 aliphatic heterocycles. The minimum atomic E-state index is -0.845. The molecule has 0 aromatic heterocycles. The second-order valence-corrected chi connectivity index (χ2v) is 3.94. The van der Waals surface area contributed by atoms with Gasteiger partial charge in [0.25, 0.3) is 0 Å². The van der Waals surface area contributed by atoms with E-state index in [1.165, 1.54) is 18.2 Å². The van der Waals surface area contributed by atoms with E-state index in [0.717, 1.165) is 4.90 Å². The number of nitrogens with zero attached hydrogens (tertiary/aromatic N) is 2. The molecule has 4 amide bonds. The van der Waals surface area contributed by atoms with Crippen molar-refractivity contribution in [1.82, 2.24) is 5.32 Å². The lowest BCUT2D eigenvalue weighted by Crippen LogP contribution is -2.53. The number of imide groups is 2. The van der Waals surface area contributed by atoms with Crippen LogP contribution in [-0.2, 0) is 9.59 Å². The first-order chi connectivity index (χ1) is 8.52. The molecule has 2 rings (SSSR count). The van der Waals surface area contributed by atoms with E-state index in [9.17, 15) is 14.4 Å². The molecule has 1 fully saturated rings. The van der Waals surface area contributed by atoms with Crippen LogP contribution in [0.15, 0.2) is 18.2 Å². The summed E-state index contributed by atoms with van der Waals surface area (Å²) in [5.41, 5.74) is 0.454. The number of hydrogen-bond acceptors (Lipinski definition) is 4. The molecule has 0 unspecified atom stereocenters. The van der Waals surface area contributed by atoms with Crippen molar-refractivity contribution in [3.8, 4) is 6.07 Å². The van der Waals surface area contributed by atoms with Crippen molar-refractivity contribution in [2.24, 2.45) is 0 Å². The maximum absolute atomic E-state index is 11.6. The van der Waals surface area contributed by atoms with Crippen molar-refractivity contribution in [2.45, 2.75) is 6.42 Å². The standard InChI is InChI=1S/C11H6ClN3O3/c12-7-3-6(5-13)1-2-8(7)15-10(17)4-9(16)14-11(15)18/h1-3H,4H2,(H,14,16,18). The second kappa shape index (κ2) is 4.47. The Labute approximate surface area is 107 Å². The minimum Gasteiger partial charge on any atom is -0.277 e. The smallest absolute Gasteiger partial charge is 0.277 e. The van der Waals surface area contributed by atoms with Crippen LogP contribution in [0.3, 0.4) is 0 Å². The number of halogens is 1. The third-order valence-electron chi connectivity index (χ3n) is 2.33. The first-order valence-electron chi connectivity index (χ1n) is 4.89. The SMILES string of the molecule is N#Cc1ccc(N2C(=O)CC(=O)NC2=O)c(Cl)c1. The Bertz CT molecular complexity index is 586. The Hall–Kier alpha value is -2.39. The monoisotopic (exact) mass is 263 g/mol. The molecule has 6 nitrogen and oxygen atoms in total. The average molecular weight is 264 g/mol. The summed E-state index contributed by atoms with van der Waals surface area (Å²) in [7, 11) is 0. The third-order valence-corrected chi connectivity index (χ3v) is 2.63. The van der Waals surface area contributed by atoms with Crippen LogP contribution in [0, 0.1) is 11.3 Å². The third kappa shape index (κ3) is 2.04. The summed E-state index contributed by atoms with van der Waals surface area (Å²) < 4.78 is 0. The van der Waals surface area contributed by atoms with E-state index in [0.29, 0.717) is 5.56 Å². The largest absolute Gasteiger partial charge is 0.335 e. The normalized spacial score (nSPS) is 15.3. The fraction of sp³-hybridized carbons (Fsp3) is 0.0909. The van der Waals surface area contributed by atoms with Gasteiger partial charge in [0.15, 0.2) is 0 Å². The van der Waals surface area contributed by atoms with Crippen LogP contribution in [0.2, 0.25) is 5.02 Å². The number of carbonyl (C=O) groups excluding carboxylic acids is 3. The lowest BCUT2D eigenvalue weighted by Gasteiger charge is -2.25. The molecule has 0 spiro atoms. The summed E-state index contributed by atoms with van der Waals surface area (Å²) in [6, 6.07) is 5.19. The Morgan fingerprint density at radius 3 is 2.61 bits per heavy atom. The zero-order chi connectivity index (χ0) is 13.3. The number of nitriles is 1. The van der Waals surface area contributed by atoms with Gasteiger partial charge in [-0.3, -0.25) is 14.9 Å². The van der Waals surface area contributed by atoms with Crippen molar-refractivity contribution in [3.05, 3.63) is 28.8 Å². The summed E-state index contributed by atoms with van der Waals surface area (Å²) in [6.07, 6.45) is -0.415. The highest BCUT2D eigenvalue weighted by Crippen LogP contribution is 2.28. The van der Waals surface area contributed by atoms with Gasteiger partial charge in [0, 0.05) is 0 Å². The predicted molar refractivity (Wildman–Crippen MR) is 61.8 cm³/mol. The van der Waals surface area contributed by atoms with Crippen LogP contribution < -0.4 is 10.2 Å². The van der Waals surface area contributed by atoms with Crippen molar-refractivity contribution in [2.75, 3.05) is 4.90 Å². The molecule has 0 bridgehead atoms. The number of nitrogens with one attached hydrogen (secondary N) is 1. The van der Waals surface area contributed by atoms with Gasteiger partial charge in [0.05, 0.1) is 22.3 Å². The van der Waals surface area contributed by atoms with Crippen LogP contribution in [0.25, 0.3) is 0 Å². The van der Waals surface area contributed by atoms with Gasteiger partial charge in [0.1, 0.15) is 6.42 Å². The molecule has 1 aromatic carbocycles. The zero-order valence-electron chi connectivity index (χ0n) is 8.94. The average Bonchev–Trinajstić information content (AvgIpc) is 2.29. The molecule has 0 saturated carbocycles. The van der Waals surface area contributed by atoms with Gasteiger partial charge >= 0.3 is 6.03 Å². The number of anilines is 1. The molecule has 0 aliphatic carbocycles. The van der Waals surface area contributed by atoms with Crippen LogP contribution in [0.1, 0.15) is 12.0 Å². The van der Waals surface area contributed by atoms with E-state index < -0.39 is 24.3 Å². The van der Waals surface area contributed by atoms with Gasteiger partial charge in [-0.05, 0) is 18.2 Å². The summed E-state index contributed by atoms with van der Waals surface area (Å²) in [4.78, 5) is 35.0. The maximum Gasteiger partial charge on any atom is 0.335 e. The molecule has 0 atom stereocenters. The van der Waals surface area contributed by atoms with E-state index in [2.05, 4.69) is 0 Å². The first kappa shape index (κ1) is 12.1. The quantitative estimate of drug-likeness (QED) is 0.771. The Morgan fingerprint density at radius 2 is 2.06 bits per heavy atom. The summed E-state index contributed by atoms with van der Waals surface area (Å²) in [5, 5.41) is 10.8. The fourth-order valence-electron chi connectivity index (χ4n) is 1.55. The second-order valence-electron chi connectivity index (χ2n) is 3.54. The van der Waals surface area contributed by atoms with Gasteiger partial charge in [-0.2, -0.15) is 5.26 Å². The number of benzene rings is 1. The van der Waals surface area contributed by atoms with E-state index in [1.807, 2.05) is 11.4 Å². The molecule has 1 N–H and O–H groups in total. The molecular formula is C11H6ClN3O3. The number of urea groups is 1. The Morgan fingerprint density at radius 1 is 1.33 bits per heavy atom. The van der Waals surface area contributed by atoms with Gasteiger partial charge in [-0.1, -0.05) is 11.6 Å². The number of barbiturate groups is 1. The Kier molecular flexibility index (Phi) is 3.00. The fourth-order valence-corrected chi connectivity index (χ4v) is 1.82. The topological polar surface area (TPSA) is 90.3 Å². The van der Waals surface area contributed by atoms with Crippen LogP contribution >= 0.6 is 11.6 Å². The molecule has 1 saturated heterocycles. The number of carbonyl (C=O) groups is 3. The molecular weight excluding hydrogens is 258 g/mol. The van der Waals surface area contributed by atoms with Gasteiger partial charge in [-0.15, -0.1) is 0 Å². The number of rotatable bonds is 1. The molecule has 18 heavy (non-hydrogen) atoms. The molecule has 1 aromatic rings. The zero-order valence-corrected chi connectivity index (χ0v) is 9.69. The predicted octanol–water partition coefficient (Wildman–Crippen LogP) is 1.18.